The third-order valence-electron chi connectivity index (χ3n) is 5.43. The lowest BCUT2D eigenvalue weighted by Gasteiger charge is -2.14. The van der Waals surface area contributed by atoms with Crippen LogP contribution in [0.3, 0.4) is 0 Å². The van der Waals surface area contributed by atoms with Crippen molar-refractivity contribution in [1.82, 2.24) is 4.57 Å². The summed E-state index contributed by atoms with van der Waals surface area (Å²) in [6, 6.07) is 20.4. The van der Waals surface area contributed by atoms with Crippen molar-refractivity contribution in [3.05, 3.63) is 111 Å². The third kappa shape index (κ3) is 3.81. The summed E-state index contributed by atoms with van der Waals surface area (Å²) in [5.74, 6) is -0.827. The summed E-state index contributed by atoms with van der Waals surface area (Å²) in [7, 11) is 0. The summed E-state index contributed by atoms with van der Waals surface area (Å²) in [6.45, 7) is 2.04. The van der Waals surface area contributed by atoms with Gasteiger partial charge in [0.05, 0.1) is 12.1 Å². The first-order chi connectivity index (χ1) is 15.9. The Bertz CT molecular complexity index is 1640. The molecular weight excluding hydrogens is 441 g/mol. The van der Waals surface area contributed by atoms with Gasteiger partial charge in [0.25, 0.3) is 5.56 Å². The summed E-state index contributed by atoms with van der Waals surface area (Å²) in [5, 5.41) is 11.5. The van der Waals surface area contributed by atoms with Crippen molar-refractivity contribution in [1.29, 1.82) is 0 Å². The molecule has 0 amide bonds. The van der Waals surface area contributed by atoms with Gasteiger partial charge < -0.3 is 14.1 Å². The average Bonchev–Trinajstić information content (AvgIpc) is 2.80. The highest BCUT2D eigenvalue weighted by Crippen LogP contribution is 2.37. The second kappa shape index (κ2) is 8.26. The quantitative estimate of drug-likeness (QED) is 0.361. The average molecular weight is 459 g/mol. The van der Waals surface area contributed by atoms with Crippen LogP contribution in [0.2, 0.25) is 0 Å². The molecule has 2 aromatic heterocycles. The maximum absolute atomic E-state index is 13.8. The number of aryl methyl sites for hydroxylation is 1. The molecule has 5 rings (SSSR count). The molecular formula is C26H18FNO4S. The van der Waals surface area contributed by atoms with Gasteiger partial charge in [0.15, 0.2) is 11.3 Å². The Kier molecular flexibility index (Phi) is 5.26. The molecule has 7 heteroatoms. The summed E-state index contributed by atoms with van der Waals surface area (Å²) < 4.78 is 20.8. The summed E-state index contributed by atoms with van der Waals surface area (Å²) in [4.78, 5) is 27.0. The second-order valence-electron chi connectivity index (χ2n) is 7.72. The van der Waals surface area contributed by atoms with Crippen molar-refractivity contribution in [2.75, 3.05) is 0 Å². The molecule has 5 nitrogen and oxygen atoms in total. The van der Waals surface area contributed by atoms with E-state index in [-0.39, 0.29) is 22.4 Å². The number of para-hydroxylation sites is 1. The molecule has 2 heterocycles. The summed E-state index contributed by atoms with van der Waals surface area (Å²) in [6.07, 6.45) is 0. The van der Waals surface area contributed by atoms with E-state index in [1.54, 1.807) is 36.4 Å². The number of pyridine rings is 1. The van der Waals surface area contributed by atoms with E-state index in [1.165, 1.54) is 16.7 Å². The van der Waals surface area contributed by atoms with E-state index < -0.39 is 22.8 Å². The molecule has 0 radical (unpaired) electrons. The van der Waals surface area contributed by atoms with Crippen LogP contribution in [0.1, 0.15) is 11.1 Å². The molecule has 0 aliphatic carbocycles. The van der Waals surface area contributed by atoms with Crippen LogP contribution >= 0.6 is 11.8 Å². The molecule has 0 aliphatic heterocycles. The Hall–Kier alpha value is -3.84. The lowest BCUT2D eigenvalue weighted by molar-refractivity contribution is 0.446. The Morgan fingerprint density at radius 2 is 1.76 bits per heavy atom. The van der Waals surface area contributed by atoms with Gasteiger partial charge in [-0.3, -0.25) is 4.79 Å². The second-order valence-corrected chi connectivity index (χ2v) is 8.81. The predicted octanol–water partition coefficient (Wildman–Crippen LogP) is 5.46. The maximum Gasteiger partial charge on any atom is 0.354 e. The van der Waals surface area contributed by atoms with Crippen LogP contribution in [-0.2, 0) is 6.54 Å². The number of halogens is 1. The molecule has 3 aromatic carbocycles. The fourth-order valence-corrected chi connectivity index (χ4v) is 4.66. The van der Waals surface area contributed by atoms with Crippen LogP contribution < -0.4 is 11.2 Å². The van der Waals surface area contributed by atoms with E-state index in [9.17, 15) is 19.1 Å². The van der Waals surface area contributed by atoms with Gasteiger partial charge >= 0.3 is 5.63 Å². The summed E-state index contributed by atoms with van der Waals surface area (Å²) >= 11 is 1.04. The largest absolute Gasteiger partial charge is 0.505 e. The standard InChI is InChI=1S/C26H18FNO4S/c1-15-9-11-18(12-10-15)33-24-22(29)21-23(32-26(24)31)19-7-2-3-8-20(19)28(25(21)30)14-16-5-4-6-17(27)13-16/h2-13,29H,14H2,1H3. The van der Waals surface area contributed by atoms with Crippen LogP contribution in [0.25, 0.3) is 21.9 Å². The third-order valence-corrected chi connectivity index (χ3v) is 6.50. The predicted molar refractivity (Wildman–Crippen MR) is 127 cm³/mol. The molecule has 0 unspecified atom stereocenters. The number of aromatic hydroxyl groups is 1. The Labute approximate surface area is 191 Å². The first-order valence-corrected chi connectivity index (χ1v) is 11.0. The molecule has 5 aromatic rings. The first-order valence-electron chi connectivity index (χ1n) is 10.2. The van der Waals surface area contributed by atoms with Crippen molar-refractivity contribution in [3.8, 4) is 5.75 Å². The fourth-order valence-electron chi connectivity index (χ4n) is 3.83. The Morgan fingerprint density at radius 3 is 2.52 bits per heavy atom. The molecule has 0 atom stereocenters. The molecule has 0 fully saturated rings. The van der Waals surface area contributed by atoms with Gasteiger partial charge in [0.1, 0.15) is 16.1 Å². The van der Waals surface area contributed by atoms with Gasteiger partial charge in [-0.15, -0.1) is 0 Å². The minimum atomic E-state index is -0.724. The van der Waals surface area contributed by atoms with E-state index in [2.05, 4.69) is 0 Å². The number of benzene rings is 3. The Morgan fingerprint density at radius 1 is 1.00 bits per heavy atom. The maximum atomic E-state index is 13.8. The molecule has 1 N–H and O–H groups in total. The van der Waals surface area contributed by atoms with Gasteiger partial charge in [-0.1, -0.05) is 53.7 Å². The molecule has 0 saturated heterocycles. The zero-order valence-corrected chi connectivity index (χ0v) is 18.4. The van der Waals surface area contributed by atoms with E-state index >= 15 is 0 Å². The topological polar surface area (TPSA) is 72.4 Å². The van der Waals surface area contributed by atoms with Crippen molar-refractivity contribution in [2.45, 2.75) is 23.3 Å². The summed E-state index contributed by atoms with van der Waals surface area (Å²) in [5.41, 5.74) is 0.939. The molecule has 0 bridgehead atoms. The van der Waals surface area contributed by atoms with E-state index in [4.69, 9.17) is 4.42 Å². The minimum Gasteiger partial charge on any atom is -0.505 e. The number of fused-ring (bicyclic) bond motifs is 3. The van der Waals surface area contributed by atoms with Crippen molar-refractivity contribution < 1.29 is 13.9 Å². The van der Waals surface area contributed by atoms with Crippen molar-refractivity contribution in [2.24, 2.45) is 0 Å². The number of hydrogen-bond acceptors (Lipinski definition) is 5. The highest BCUT2D eigenvalue weighted by Gasteiger charge is 2.22. The number of aromatic nitrogens is 1. The first kappa shape index (κ1) is 21.0. The lowest BCUT2D eigenvalue weighted by atomic mass is 10.1. The van der Waals surface area contributed by atoms with Crippen LogP contribution in [0.4, 0.5) is 4.39 Å². The highest BCUT2D eigenvalue weighted by atomic mass is 32.2. The SMILES string of the molecule is Cc1ccc(Sc2c(O)c3c(=O)n(Cc4cccc(F)c4)c4ccccc4c3oc2=O)cc1. The number of rotatable bonds is 4. The normalized spacial score (nSPS) is 11.3. The van der Waals surface area contributed by atoms with E-state index in [0.717, 1.165) is 22.2 Å². The van der Waals surface area contributed by atoms with Gasteiger partial charge in [-0.25, -0.2) is 9.18 Å². The molecule has 0 aliphatic rings. The lowest BCUT2D eigenvalue weighted by Crippen LogP contribution is -2.22. The number of hydrogen-bond donors (Lipinski definition) is 1. The van der Waals surface area contributed by atoms with E-state index in [1.807, 2.05) is 31.2 Å². The highest BCUT2D eigenvalue weighted by molar-refractivity contribution is 7.99. The van der Waals surface area contributed by atoms with Crippen LogP contribution in [-0.4, -0.2) is 9.67 Å². The zero-order valence-electron chi connectivity index (χ0n) is 17.5. The molecule has 0 spiro atoms. The van der Waals surface area contributed by atoms with Gasteiger partial charge in [-0.05, 0) is 48.9 Å². The molecule has 164 valence electrons. The monoisotopic (exact) mass is 459 g/mol. The van der Waals surface area contributed by atoms with Crippen molar-refractivity contribution in [3.63, 3.8) is 0 Å². The fraction of sp³-hybridized carbons (Fsp3) is 0.0769. The van der Waals surface area contributed by atoms with Gasteiger partial charge in [0, 0.05) is 10.3 Å². The molecule has 33 heavy (non-hydrogen) atoms. The van der Waals surface area contributed by atoms with Crippen LogP contribution in [0.5, 0.6) is 5.75 Å². The van der Waals surface area contributed by atoms with Gasteiger partial charge in [-0.2, -0.15) is 0 Å². The smallest absolute Gasteiger partial charge is 0.354 e. The van der Waals surface area contributed by atoms with Crippen LogP contribution in [0, 0.1) is 12.7 Å². The molecule has 0 saturated carbocycles. The number of nitrogens with zero attached hydrogens (tertiary/aromatic N) is 1. The van der Waals surface area contributed by atoms with Gasteiger partial charge in [0.2, 0.25) is 0 Å². The van der Waals surface area contributed by atoms with E-state index in [0.29, 0.717) is 16.5 Å². The zero-order chi connectivity index (χ0) is 23.1. The minimum absolute atomic E-state index is 0.0295. The Balaban J connectivity index is 1.77. The van der Waals surface area contributed by atoms with Crippen LogP contribution in [0.15, 0.2) is 96.6 Å². The van der Waals surface area contributed by atoms with Crippen molar-refractivity contribution >= 4 is 33.6 Å².